The number of ether oxygens (including phenoxy) is 2. The maximum absolute atomic E-state index is 12.4. The van der Waals surface area contributed by atoms with Crippen LogP contribution >= 0.6 is 0 Å². The van der Waals surface area contributed by atoms with E-state index in [0.717, 1.165) is 21.9 Å². The second-order valence-electron chi connectivity index (χ2n) is 9.25. The van der Waals surface area contributed by atoms with Crippen LogP contribution in [0.15, 0.2) is 12.3 Å². The van der Waals surface area contributed by atoms with Crippen LogP contribution in [0.5, 0.6) is 11.5 Å². The van der Waals surface area contributed by atoms with Gasteiger partial charge in [-0.25, -0.2) is 0 Å². The minimum Gasteiger partial charge on any atom is -0.489 e. The van der Waals surface area contributed by atoms with Crippen LogP contribution < -0.4 is 20.5 Å². The van der Waals surface area contributed by atoms with E-state index in [-0.39, 0.29) is 38.3 Å². The van der Waals surface area contributed by atoms with Crippen LogP contribution in [0.2, 0.25) is 0 Å². The lowest BCUT2D eigenvalue weighted by molar-refractivity contribution is -0.186. The van der Waals surface area contributed by atoms with Crippen LogP contribution in [-0.4, -0.2) is 90.4 Å². The van der Waals surface area contributed by atoms with Crippen LogP contribution in [0.1, 0.15) is 37.8 Å². The molecule has 214 valence electrons. The Bertz CT molecular complexity index is 945. The SMILES string of the molecule is NC1CCN(C(=O)C(F)(F)F)CC1.O=C(N1CCC(NCc2cc3c(cn2)OCCCO3)CC1)C(F)(F)F. The topological polar surface area (TPSA) is 110 Å². The molecule has 0 spiro atoms. The highest BCUT2D eigenvalue weighted by atomic mass is 19.4. The van der Waals surface area contributed by atoms with Gasteiger partial charge in [-0.1, -0.05) is 0 Å². The van der Waals surface area contributed by atoms with E-state index in [1.165, 1.54) is 0 Å². The fourth-order valence-corrected chi connectivity index (χ4v) is 4.20. The van der Waals surface area contributed by atoms with Crippen molar-refractivity contribution in [2.24, 2.45) is 5.73 Å². The largest absolute Gasteiger partial charge is 0.489 e. The normalized spacial score (nSPS) is 19.3. The fourth-order valence-electron chi connectivity index (χ4n) is 4.20. The number of pyridine rings is 1. The van der Waals surface area contributed by atoms with Crippen molar-refractivity contribution in [3.8, 4) is 11.5 Å². The molecule has 2 fully saturated rings. The number of carbonyl (C=O) groups excluding carboxylic acids is 2. The molecule has 0 saturated carbocycles. The number of halogens is 6. The van der Waals surface area contributed by atoms with E-state index in [9.17, 15) is 35.9 Å². The number of fused-ring (bicyclic) bond motifs is 1. The maximum Gasteiger partial charge on any atom is 0.471 e. The third-order valence-corrected chi connectivity index (χ3v) is 6.36. The third kappa shape index (κ3) is 8.61. The summed E-state index contributed by atoms with van der Waals surface area (Å²) in [6.45, 7) is 2.10. The first kappa shape index (κ1) is 29.7. The molecule has 4 heterocycles. The Kier molecular flexibility index (Phi) is 10.0. The molecule has 38 heavy (non-hydrogen) atoms. The van der Waals surface area contributed by atoms with Crippen molar-refractivity contribution < 1.29 is 45.4 Å². The molecule has 1 aromatic rings. The lowest BCUT2D eigenvalue weighted by atomic mass is 10.0. The van der Waals surface area contributed by atoms with Gasteiger partial charge in [0.2, 0.25) is 0 Å². The van der Waals surface area contributed by atoms with Gasteiger partial charge in [-0.2, -0.15) is 26.3 Å². The number of carbonyl (C=O) groups is 2. The van der Waals surface area contributed by atoms with Gasteiger partial charge in [-0.3, -0.25) is 14.6 Å². The molecular weight excluding hydrogens is 524 g/mol. The number of aromatic nitrogens is 1. The molecule has 2 amide bonds. The van der Waals surface area contributed by atoms with Crippen LogP contribution in [0, 0.1) is 0 Å². The van der Waals surface area contributed by atoms with Crippen molar-refractivity contribution in [3.05, 3.63) is 18.0 Å². The summed E-state index contributed by atoms with van der Waals surface area (Å²) >= 11 is 0. The molecule has 4 rings (SSSR count). The molecule has 0 atom stereocenters. The summed E-state index contributed by atoms with van der Waals surface area (Å²) in [7, 11) is 0. The average Bonchev–Trinajstić information content (AvgIpc) is 3.12. The van der Waals surface area contributed by atoms with E-state index in [0.29, 0.717) is 56.9 Å². The molecule has 9 nitrogen and oxygen atoms in total. The van der Waals surface area contributed by atoms with Crippen LogP contribution in [0.4, 0.5) is 26.3 Å². The van der Waals surface area contributed by atoms with Gasteiger partial charge in [0.15, 0.2) is 11.5 Å². The molecule has 15 heteroatoms. The number of rotatable bonds is 3. The minimum atomic E-state index is -4.80. The van der Waals surface area contributed by atoms with Crippen molar-refractivity contribution in [2.75, 3.05) is 39.4 Å². The maximum atomic E-state index is 12.4. The van der Waals surface area contributed by atoms with Gasteiger partial charge >= 0.3 is 24.2 Å². The monoisotopic (exact) mass is 555 g/mol. The standard InChI is InChI=1S/C16H20F3N3O3.C7H11F3N2O/c17-16(18,19)15(23)22-4-2-11(3-5-22)20-9-12-8-13-14(10-21-12)25-7-1-6-24-13;8-7(9,10)6(13)12-3-1-5(11)2-4-12/h8,10-11,20H,1-7,9H2;5H,1-4,11H2. The average molecular weight is 556 g/mol. The number of nitrogens with zero attached hydrogens (tertiary/aromatic N) is 3. The Morgan fingerprint density at radius 1 is 0.895 bits per heavy atom. The van der Waals surface area contributed by atoms with Crippen molar-refractivity contribution in [2.45, 2.75) is 63.1 Å². The molecule has 0 aliphatic carbocycles. The first-order chi connectivity index (χ1) is 17.8. The second kappa shape index (κ2) is 12.8. The smallest absolute Gasteiger partial charge is 0.471 e. The lowest BCUT2D eigenvalue weighted by Crippen LogP contribution is -2.48. The molecule has 0 bridgehead atoms. The molecule has 3 aliphatic heterocycles. The van der Waals surface area contributed by atoms with E-state index in [1.807, 2.05) is 6.07 Å². The van der Waals surface area contributed by atoms with E-state index in [1.54, 1.807) is 6.20 Å². The Balaban J connectivity index is 0.000000260. The Morgan fingerprint density at radius 2 is 1.39 bits per heavy atom. The minimum absolute atomic E-state index is 0.0510. The first-order valence-corrected chi connectivity index (χ1v) is 12.3. The molecule has 0 radical (unpaired) electrons. The number of likely N-dealkylation sites (tertiary alicyclic amines) is 2. The highest BCUT2D eigenvalue weighted by Crippen LogP contribution is 2.29. The summed E-state index contributed by atoms with van der Waals surface area (Å²) in [6.07, 6.45) is -5.25. The van der Waals surface area contributed by atoms with Crippen molar-refractivity contribution in [3.63, 3.8) is 0 Å². The molecule has 0 aromatic carbocycles. The number of hydrogen-bond acceptors (Lipinski definition) is 7. The zero-order valence-electron chi connectivity index (χ0n) is 20.6. The summed E-state index contributed by atoms with van der Waals surface area (Å²) in [5, 5.41) is 3.28. The molecule has 3 N–H and O–H groups in total. The summed E-state index contributed by atoms with van der Waals surface area (Å²) in [4.78, 5) is 27.9. The van der Waals surface area contributed by atoms with Gasteiger partial charge in [0.1, 0.15) is 0 Å². The van der Waals surface area contributed by atoms with Gasteiger partial charge in [-0.15, -0.1) is 0 Å². The Morgan fingerprint density at radius 3 is 1.92 bits per heavy atom. The van der Waals surface area contributed by atoms with Gasteiger partial charge in [0.25, 0.3) is 0 Å². The van der Waals surface area contributed by atoms with Crippen LogP contribution in [-0.2, 0) is 16.1 Å². The van der Waals surface area contributed by atoms with Gasteiger partial charge in [-0.05, 0) is 25.7 Å². The van der Waals surface area contributed by atoms with E-state index < -0.39 is 24.2 Å². The van der Waals surface area contributed by atoms with Gasteiger partial charge in [0.05, 0.1) is 25.1 Å². The summed E-state index contributed by atoms with van der Waals surface area (Å²) in [5.74, 6) is -2.22. The number of alkyl halides is 6. The summed E-state index contributed by atoms with van der Waals surface area (Å²) in [6, 6.07) is 1.79. The predicted molar refractivity (Wildman–Crippen MR) is 122 cm³/mol. The van der Waals surface area contributed by atoms with Crippen LogP contribution in [0.3, 0.4) is 0 Å². The van der Waals surface area contributed by atoms with Crippen molar-refractivity contribution in [1.82, 2.24) is 20.1 Å². The molecule has 1 aromatic heterocycles. The first-order valence-electron chi connectivity index (χ1n) is 12.3. The predicted octanol–water partition coefficient (Wildman–Crippen LogP) is 2.38. The number of nitrogens with one attached hydrogen (secondary N) is 1. The number of nitrogens with two attached hydrogens (primary N) is 1. The number of hydrogen-bond donors (Lipinski definition) is 2. The molecule has 2 saturated heterocycles. The van der Waals surface area contributed by atoms with Crippen LogP contribution in [0.25, 0.3) is 0 Å². The fraction of sp³-hybridized carbons (Fsp3) is 0.696. The van der Waals surface area contributed by atoms with Gasteiger partial charge < -0.3 is 30.3 Å². The Labute approximate surface area is 215 Å². The molecule has 0 unspecified atom stereocenters. The lowest BCUT2D eigenvalue weighted by Gasteiger charge is -2.32. The summed E-state index contributed by atoms with van der Waals surface area (Å²) < 4.78 is 84.1. The number of piperidine rings is 2. The zero-order valence-corrected chi connectivity index (χ0v) is 20.6. The molecular formula is C23H31F6N5O4. The highest BCUT2D eigenvalue weighted by molar-refractivity contribution is 5.82. The quantitative estimate of drug-likeness (QED) is 0.552. The Hall–Kier alpha value is -2.81. The second-order valence-corrected chi connectivity index (χ2v) is 9.25. The van der Waals surface area contributed by atoms with Gasteiger partial charge in [0, 0.05) is 57.3 Å². The highest BCUT2D eigenvalue weighted by Gasteiger charge is 2.44. The van der Waals surface area contributed by atoms with E-state index in [4.69, 9.17) is 15.2 Å². The third-order valence-electron chi connectivity index (χ3n) is 6.36. The number of amides is 2. The van der Waals surface area contributed by atoms with Crippen molar-refractivity contribution >= 4 is 11.8 Å². The van der Waals surface area contributed by atoms with Crippen molar-refractivity contribution in [1.29, 1.82) is 0 Å². The zero-order chi connectivity index (χ0) is 27.9. The molecule has 3 aliphatic rings. The van der Waals surface area contributed by atoms with E-state index >= 15 is 0 Å². The van der Waals surface area contributed by atoms with E-state index in [2.05, 4.69) is 10.3 Å². The summed E-state index contributed by atoms with van der Waals surface area (Å²) in [5.41, 5.74) is 6.26.